The molecule has 0 aliphatic carbocycles. The number of benzene rings is 2. The van der Waals surface area contributed by atoms with E-state index in [0.29, 0.717) is 34.4 Å². The number of thioether (sulfide) groups is 1. The van der Waals surface area contributed by atoms with Gasteiger partial charge in [-0.3, -0.25) is 9.59 Å². The van der Waals surface area contributed by atoms with Crippen molar-refractivity contribution in [2.45, 2.75) is 51.2 Å². The number of thiophene rings is 1. The summed E-state index contributed by atoms with van der Waals surface area (Å²) in [7, 11) is 1.50. The first-order chi connectivity index (χ1) is 22.2. The minimum absolute atomic E-state index is 0.0753. The van der Waals surface area contributed by atoms with Crippen LogP contribution in [0.3, 0.4) is 0 Å². The molecule has 1 atom stereocenters. The average Bonchev–Trinajstić information content (AvgIpc) is 3.59. The number of nitrogens with one attached hydrogen (secondary N) is 2. The van der Waals surface area contributed by atoms with Crippen molar-refractivity contribution in [3.8, 4) is 5.75 Å². The second-order valence-corrected chi connectivity index (χ2v) is 12.1. The maximum absolute atomic E-state index is 13.5. The maximum atomic E-state index is 13.5. The molecule has 0 radical (unpaired) electrons. The number of carbonyl (C=O) groups excluding carboxylic acids is 4. The molecule has 4 aromatic rings. The Morgan fingerprint density at radius 3 is 2.33 bits per heavy atom. The smallest absolute Gasteiger partial charge is 0.348 e. The van der Waals surface area contributed by atoms with E-state index in [2.05, 4.69) is 20.8 Å². The van der Waals surface area contributed by atoms with E-state index in [9.17, 15) is 19.2 Å². The lowest BCUT2D eigenvalue weighted by Gasteiger charge is -2.15. The predicted molar refractivity (Wildman–Crippen MR) is 175 cm³/mol. The Bertz CT molecular complexity index is 1700. The lowest BCUT2D eigenvalue weighted by molar-refractivity contribution is -0.115. The van der Waals surface area contributed by atoms with Gasteiger partial charge < -0.3 is 29.4 Å². The second-order valence-electron chi connectivity index (χ2n) is 9.80. The van der Waals surface area contributed by atoms with Gasteiger partial charge in [-0.1, -0.05) is 54.2 Å². The van der Waals surface area contributed by atoms with Crippen LogP contribution >= 0.6 is 23.1 Å². The van der Waals surface area contributed by atoms with E-state index >= 15 is 0 Å². The van der Waals surface area contributed by atoms with E-state index in [1.54, 1.807) is 52.0 Å². The third-order valence-electron chi connectivity index (χ3n) is 6.71. The fraction of sp³-hybridized carbons (Fsp3) is 0.312. The van der Waals surface area contributed by atoms with Gasteiger partial charge in [0.05, 0.1) is 49.8 Å². The molecular formula is C32H35N5O7S2. The number of methoxy groups -OCH3 is 1. The highest BCUT2D eigenvalue weighted by Crippen LogP contribution is 2.35. The Hall–Kier alpha value is -4.69. The Morgan fingerprint density at radius 1 is 0.957 bits per heavy atom. The van der Waals surface area contributed by atoms with E-state index in [-0.39, 0.29) is 41.1 Å². The molecule has 2 N–H and O–H groups in total. The first kappa shape index (κ1) is 34.2. The van der Waals surface area contributed by atoms with Crippen molar-refractivity contribution in [3.63, 3.8) is 0 Å². The fourth-order valence-electron chi connectivity index (χ4n) is 4.42. The fourth-order valence-corrected chi connectivity index (χ4v) is 6.37. The number of hydrogen-bond acceptors (Lipinski definition) is 11. The van der Waals surface area contributed by atoms with Gasteiger partial charge in [-0.15, -0.1) is 21.5 Å². The van der Waals surface area contributed by atoms with Gasteiger partial charge in [0.15, 0.2) is 11.0 Å². The SMILES string of the molecule is CCOC(=O)c1sc(NC(=O)[C@H](C)Sc2nnc(CNC(=O)c3ccccc3OC)n2Cc2ccccc2)c(C(=O)OCC)c1C. The van der Waals surface area contributed by atoms with Crippen LogP contribution in [-0.4, -0.2) is 64.1 Å². The Morgan fingerprint density at radius 2 is 1.63 bits per heavy atom. The summed E-state index contributed by atoms with van der Waals surface area (Å²) < 4.78 is 17.5. The van der Waals surface area contributed by atoms with E-state index in [4.69, 9.17) is 14.2 Å². The van der Waals surface area contributed by atoms with Crippen molar-refractivity contribution in [2.24, 2.45) is 0 Å². The predicted octanol–water partition coefficient (Wildman–Crippen LogP) is 5.11. The number of carbonyl (C=O) groups is 4. The maximum Gasteiger partial charge on any atom is 0.348 e. The van der Waals surface area contributed by atoms with Gasteiger partial charge >= 0.3 is 11.9 Å². The summed E-state index contributed by atoms with van der Waals surface area (Å²) >= 11 is 2.13. The third kappa shape index (κ3) is 8.12. The number of hydrogen-bond donors (Lipinski definition) is 2. The van der Waals surface area contributed by atoms with Crippen LogP contribution in [-0.2, 0) is 27.4 Å². The zero-order chi connectivity index (χ0) is 33.2. The molecule has 0 saturated heterocycles. The number of anilines is 1. The average molecular weight is 666 g/mol. The van der Waals surface area contributed by atoms with Crippen LogP contribution in [0.4, 0.5) is 5.00 Å². The normalized spacial score (nSPS) is 11.4. The Balaban J connectivity index is 1.56. The zero-order valence-corrected chi connectivity index (χ0v) is 27.8. The lowest BCUT2D eigenvalue weighted by Crippen LogP contribution is -2.26. The molecule has 2 amide bonds. The first-order valence-electron chi connectivity index (χ1n) is 14.5. The molecule has 12 nitrogen and oxygen atoms in total. The standard InChI is InChI=1S/C32H35N5O7S2/c1-6-43-30(40)25-19(3)26(31(41)44-7-2)46-29(25)34-27(38)20(4)45-32-36-35-24(37(32)18-21-13-9-8-10-14-21)17-33-28(39)22-15-11-12-16-23(22)42-5/h8-16,20H,6-7,17-18H2,1-5H3,(H,33,39)(H,34,38)/t20-/m0/s1. The molecule has 2 aromatic heterocycles. The summed E-state index contributed by atoms with van der Waals surface area (Å²) in [6.07, 6.45) is 0. The molecule has 0 saturated carbocycles. The minimum Gasteiger partial charge on any atom is -0.496 e. The van der Waals surface area contributed by atoms with Gasteiger partial charge in [0, 0.05) is 0 Å². The molecule has 0 unspecified atom stereocenters. The van der Waals surface area contributed by atoms with Crippen molar-refractivity contribution < 1.29 is 33.4 Å². The second kappa shape index (κ2) is 16.0. The van der Waals surface area contributed by atoms with Crippen LogP contribution in [0.1, 0.15) is 68.1 Å². The Labute approximate surface area is 274 Å². The van der Waals surface area contributed by atoms with Crippen molar-refractivity contribution >= 4 is 51.9 Å². The summed E-state index contributed by atoms with van der Waals surface area (Å²) in [5.41, 5.74) is 1.84. The number of rotatable bonds is 14. The van der Waals surface area contributed by atoms with Gasteiger partial charge in [-0.25, -0.2) is 9.59 Å². The molecule has 0 spiro atoms. The van der Waals surface area contributed by atoms with Crippen molar-refractivity contribution in [2.75, 3.05) is 25.6 Å². The number of para-hydroxylation sites is 1. The van der Waals surface area contributed by atoms with Gasteiger partial charge in [0.1, 0.15) is 15.6 Å². The van der Waals surface area contributed by atoms with Gasteiger partial charge in [-0.2, -0.15) is 0 Å². The first-order valence-corrected chi connectivity index (χ1v) is 16.2. The highest BCUT2D eigenvalue weighted by atomic mass is 32.2. The van der Waals surface area contributed by atoms with E-state index in [1.807, 2.05) is 34.9 Å². The molecule has 46 heavy (non-hydrogen) atoms. The largest absolute Gasteiger partial charge is 0.496 e. The summed E-state index contributed by atoms with van der Waals surface area (Å²) in [5, 5.41) is 14.3. The van der Waals surface area contributed by atoms with E-state index in [1.165, 1.54) is 18.9 Å². The number of ether oxygens (including phenoxy) is 3. The van der Waals surface area contributed by atoms with Crippen molar-refractivity contribution in [3.05, 3.63) is 87.6 Å². The van der Waals surface area contributed by atoms with Crippen LogP contribution in [0.15, 0.2) is 59.8 Å². The van der Waals surface area contributed by atoms with E-state index in [0.717, 1.165) is 16.9 Å². The van der Waals surface area contributed by atoms with Crippen LogP contribution < -0.4 is 15.4 Å². The van der Waals surface area contributed by atoms with Gasteiger partial charge in [0.2, 0.25) is 5.91 Å². The van der Waals surface area contributed by atoms with Crippen LogP contribution in [0.2, 0.25) is 0 Å². The summed E-state index contributed by atoms with van der Waals surface area (Å²) in [4.78, 5) is 52.0. The van der Waals surface area contributed by atoms with E-state index < -0.39 is 23.1 Å². The summed E-state index contributed by atoms with van der Waals surface area (Å²) in [6.45, 7) is 7.43. The van der Waals surface area contributed by atoms with Crippen LogP contribution in [0, 0.1) is 6.92 Å². The molecule has 0 aliphatic rings. The van der Waals surface area contributed by atoms with Gasteiger partial charge in [-0.05, 0) is 51.0 Å². The molecule has 0 bridgehead atoms. The highest BCUT2D eigenvalue weighted by molar-refractivity contribution is 8.00. The summed E-state index contributed by atoms with van der Waals surface area (Å²) in [5.74, 6) is -1.06. The third-order valence-corrected chi connectivity index (χ3v) is 8.98. The number of esters is 2. The van der Waals surface area contributed by atoms with Crippen LogP contribution in [0.5, 0.6) is 5.75 Å². The lowest BCUT2D eigenvalue weighted by atomic mass is 10.1. The number of nitrogens with zero attached hydrogens (tertiary/aromatic N) is 3. The number of amides is 2. The minimum atomic E-state index is -0.696. The van der Waals surface area contributed by atoms with Crippen molar-refractivity contribution in [1.29, 1.82) is 0 Å². The molecule has 2 aromatic carbocycles. The molecule has 4 rings (SSSR count). The Kier molecular flexibility index (Phi) is 11.9. The molecule has 0 aliphatic heterocycles. The molecule has 14 heteroatoms. The number of aromatic nitrogens is 3. The topological polar surface area (TPSA) is 151 Å². The molecule has 2 heterocycles. The monoisotopic (exact) mass is 665 g/mol. The molecule has 0 fully saturated rings. The summed E-state index contributed by atoms with van der Waals surface area (Å²) in [6, 6.07) is 16.6. The zero-order valence-electron chi connectivity index (χ0n) is 26.1. The highest BCUT2D eigenvalue weighted by Gasteiger charge is 2.29. The molecule has 242 valence electrons. The van der Waals surface area contributed by atoms with Crippen molar-refractivity contribution in [1.82, 2.24) is 20.1 Å². The quantitative estimate of drug-likeness (QED) is 0.137. The van der Waals surface area contributed by atoms with Crippen LogP contribution in [0.25, 0.3) is 0 Å². The van der Waals surface area contributed by atoms with Gasteiger partial charge in [0.25, 0.3) is 5.91 Å². The molecular weight excluding hydrogens is 631 g/mol.